The second kappa shape index (κ2) is 17.7. The number of hydrogen-bond donors (Lipinski definition) is 2. The largest absolute Gasteiger partial charge is 0.360 e. The van der Waals surface area contributed by atoms with E-state index in [0.717, 1.165) is 18.0 Å². The van der Waals surface area contributed by atoms with Crippen LogP contribution in [0.5, 0.6) is 0 Å². The molecule has 0 spiro atoms. The Morgan fingerprint density at radius 3 is 2.46 bits per heavy atom. The third-order valence-corrected chi connectivity index (χ3v) is 10.7. The number of aryl methyl sites for hydroxylation is 2. The van der Waals surface area contributed by atoms with Crippen molar-refractivity contribution in [3.05, 3.63) is 47.4 Å². The molecule has 0 unspecified atom stereocenters. The SMILES string of the molecule is CCc1c(-c2ccc(NC(=O)[C@H](CCCC(Cl)Cl)NC(=O)c3ccnn3CCCS(C)(=O)=O)nc2F)c(C)nn1COCC[Si](C)(C)C. The number of alkyl halides is 2. The zero-order chi connectivity index (χ0) is 35.6. The maximum absolute atomic E-state index is 15.6. The number of aromatic nitrogens is 5. The molecule has 2 amide bonds. The lowest BCUT2D eigenvalue weighted by atomic mass is 10.0. The van der Waals surface area contributed by atoms with Gasteiger partial charge in [0.1, 0.15) is 39.0 Å². The van der Waals surface area contributed by atoms with Gasteiger partial charge in [0.05, 0.1) is 11.4 Å². The molecule has 1 atom stereocenters. The minimum atomic E-state index is -3.18. The van der Waals surface area contributed by atoms with Crippen LogP contribution in [0.1, 0.15) is 54.5 Å². The molecule has 266 valence electrons. The fraction of sp³-hybridized carbons (Fsp3) is 0.581. The van der Waals surface area contributed by atoms with E-state index >= 15 is 4.39 Å². The minimum Gasteiger partial charge on any atom is -0.360 e. The average molecular weight is 747 g/mol. The first kappa shape index (κ1) is 39.6. The predicted molar refractivity (Wildman–Crippen MR) is 189 cm³/mol. The Bertz CT molecular complexity index is 1660. The van der Waals surface area contributed by atoms with Gasteiger partial charge in [0.2, 0.25) is 11.9 Å². The average Bonchev–Trinajstić information content (AvgIpc) is 3.57. The standard InChI is InChI=1S/C31H46Cl2FN7O5SSi/c1-7-24-28(21(2)39-41(24)20-46-17-19-48(4,5)6)22-12-13-27(37-29(22)34)38-30(42)23(10-8-11-26(32)33)36-31(43)25-14-15-35-40(25)16-9-18-47(3,44)45/h12-15,23,26H,7-11,16-20H2,1-6H3,(H,36,43)(H,37,38,42)/t23-/m0/s1. The van der Waals surface area contributed by atoms with Crippen LogP contribution in [0.15, 0.2) is 24.4 Å². The highest BCUT2D eigenvalue weighted by molar-refractivity contribution is 7.90. The highest BCUT2D eigenvalue weighted by Gasteiger charge is 2.25. The van der Waals surface area contributed by atoms with Gasteiger partial charge in [0.25, 0.3) is 5.91 Å². The molecule has 0 saturated carbocycles. The molecule has 17 heteroatoms. The highest BCUT2D eigenvalue weighted by atomic mass is 35.5. The summed E-state index contributed by atoms with van der Waals surface area (Å²) < 4.78 is 47.6. The van der Waals surface area contributed by atoms with Crippen LogP contribution in [0.2, 0.25) is 25.7 Å². The Labute approximate surface area is 293 Å². The van der Waals surface area contributed by atoms with Crippen molar-refractivity contribution in [3.63, 3.8) is 0 Å². The van der Waals surface area contributed by atoms with Crippen LogP contribution in [-0.2, 0) is 39.1 Å². The fourth-order valence-electron chi connectivity index (χ4n) is 5.04. The van der Waals surface area contributed by atoms with Crippen molar-refractivity contribution in [2.24, 2.45) is 0 Å². The Morgan fingerprint density at radius 1 is 1.10 bits per heavy atom. The van der Waals surface area contributed by atoms with Crippen molar-refractivity contribution in [2.45, 2.75) is 95.8 Å². The van der Waals surface area contributed by atoms with Crippen molar-refractivity contribution in [2.75, 3.05) is 23.9 Å². The summed E-state index contributed by atoms with van der Waals surface area (Å²) in [5, 5.41) is 14.0. The van der Waals surface area contributed by atoms with Gasteiger partial charge in [0, 0.05) is 50.5 Å². The number of nitrogens with zero attached hydrogens (tertiary/aromatic N) is 5. The fourth-order valence-corrected chi connectivity index (χ4v) is 6.76. The maximum Gasteiger partial charge on any atom is 0.270 e. The minimum absolute atomic E-state index is 0.0309. The molecule has 0 aliphatic rings. The molecule has 3 heterocycles. The maximum atomic E-state index is 15.6. The zero-order valence-corrected chi connectivity index (χ0v) is 31.7. The molecule has 0 aliphatic heterocycles. The number of carbonyl (C=O) groups excluding carboxylic acids is 2. The van der Waals surface area contributed by atoms with E-state index in [1.807, 2.05) is 6.92 Å². The first-order valence-electron chi connectivity index (χ1n) is 15.9. The van der Waals surface area contributed by atoms with Crippen LogP contribution in [-0.4, -0.2) is 82.3 Å². The monoisotopic (exact) mass is 745 g/mol. The van der Waals surface area contributed by atoms with Gasteiger partial charge in [-0.15, -0.1) is 23.2 Å². The lowest BCUT2D eigenvalue weighted by Gasteiger charge is -2.19. The van der Waals surface area contributed by atoms with E-state index in [1.54, 1.807) is 17.7 Å². The molecule has 0 radical (unpaired) electrons. The molecule has 0 saturated heterocycles. The summed E-state index contributed by atoms with van der Waals surface area (Å²) in [5.41, 5.74) is 2.48. The van der Waals surface area contributed by atoms with Gasteiger partial charge in [-0.2, -0.15) is 14.6 Å². The first-order valence-corrected chi connectivity index (χ1v) is 22.5. The molecule has 48 heavy (non-hydrogen) atoms. The Kier molecular flexibility index (Phi) is 14.6. The summed E-state index contributed by atoms with van der Waals surface area (Å²) >= 11 is 11.8. The summed E-state index contributed by atoms with van der Waals surface area (Å²) in [4.78, 5) is 30.0. The van der Waals surface area contributed by atoms with E-state index in [0.29, 0.717) is 37.1 Å². The second-order valence-electron chi connectivity index (χ2n) is 12.9. The van der Waals surface area contributed by atoms with Gasteiger partial charge in [0.15, 0.2) is 0 Å². The van der Waals surface area contributed by atoms with Crippen LogP contribution in [0, 0.1) is 12.9 Å². The third kappa shape index (κ3) is 12.2. The lowest BCUT2D eigenvalue weighted by molar-refractivity contribution is -0.118. The number of rotatable bonds is 19. The summed E-state index contributed by atoms with van der Waals surface area (Å²) in [6.07, 6.45) is 4.39. The zero-order valence-electron chi connectivity index (χ0n) is 28.4. The van der Waals surface area contributed by atoms with Crippen LogP contribution >= 0.6 is 23.2 Å². The van der Waals surface area contributed by atoms with Crippen molar-refractivity contribution in [3.8, 4) is 11.1 Å². The third-order valence-electron chi connectivity index (χ3n) is 7.52. The predicted octanol–water partition coefficient (Wildman–Crippen LogP) is 5.61. The number of pyridine rings is 1. The molecule has 3 aromatic rings. The van der Waals surface area contributed by atoms with Gasteiger partial charge in [-0.05, 0) is 63.3 Å². The molecule has 0 aromatic carbocycles. The molecule has 3 aromatic heterocycles. The number of amides is 2. The van der Waals surface area contributed by atoms with Crippen molar-refractivity contribution in [1.29, 1.82) is 0 Å². The van der Waals surface area contributed by atoms with Gasteiger partial charge in [-0.3, -0.25) is 14.3 Å². The van der Waals surface area contributed by atoms with Crippen LogP contribution < -0.4 is 10.6 Å². The van der Waals surface area contributed by atoms with Crippen LogP contribution in [0.25, 0.3) is 11.1 Å². The number of carbonyl (C=O) groups is 2. The molecule has 0 bridgehead atoms. The summed E-state index contributed by atoms with van der Waals surface area (Å²) in [5.74, 6) is -2.07. The Morgan fingerprint density at radius 2 is 1.83 bits per heavy atom. The number of hydrogen-bond acceptors (Lipinski definition) is 8. The number of sulfone groups is 1. The topological polar surface area (TPSA) is 150 Å². The van der Waals surface area contributed by atoms with E-state index in [9.17, 15) is 18.0 Å². The van der Waals surface area contributed by atoms with Gasteiger partial charge >= 0.3 is 0 Å². The number of anilines is 1. The molecule has 0 fully saturated rings. The van der Waals surface area contributed by atoms with E-state index in [1.165, 1.54) is 23.0 Å². The van der Waals surface area contributed by atoms with Gasteiger partial charge in [-0.1, -0.05) is 26.6 Å². The Hall–Kier alpha value is -2.85. The molecule has 3 rings (SSSR count). The number of halogens is 3. The summed E-state index contributed by atoms with van der Waals surface area (Å²) in [6.45, 7) is 11.7. The first-order chi connectivity index (χ1) is 22.5. The Balaban J connectivity index is 1.75. The van der Waals surface area contributed by atoms with Crippen LogP contribution in [0.4, 0.5) is 10.2 Å². The van der Waals surface area contributed by atoms with Crippen molar-refractivity contribution in [1.82, 2.24) is 29.9 Å². The molecule has 12 nitrogen and oxygen atoms in total. The van der Waals surface area contributed by atoms with E-state index in [4.69, 9.17) is 27.9 Å². The van der Waals surface area contributed by atoms with Gasteiger partial charge < -0.3 is 15.4 Å². The summed E-state index contributed by atoms with van der Waals surface area (Å²) in [7, 11) is -4.43. The van der Waals surface area contributed by atoms with E-state index < -0.39 is 46.6 Å². The molecule has 0 aliphatic carbocycles. The quantitative estimate of drug-likeness (QED) is 0.0696. The van der Waals surface area contributed by atoms with Crippen molar-refractivity contribution < 1.29 is 27.1 Å². The number of ether oxygens (including phenoxy) is 1. The van der Waals surface area contributed by atoms with Crippen LogP contribution in [0.3, 0.4) is 0 Å². The van der Waals surface area contributed by atoms with E-state index in [-0.39, 0.29) is 48.9 Å². The van der Waals surface area contributed by atoms with Gasteiger partial charge in [-0.25, -0.2) is 18.1 Å². The van der Waals surface area contributed by atoms with E-state index in [2.05, 4.69) is 45.5 Å². The highest BCUT2D eigenvalue weighted by Crippen LogP contribution is 2.30. The van der Waals surface area contributed by atoms with Crippen molar-refractivity contribution >= 4 is 58.7 Å². The smallest absolute Gasteiger partial charge is 0.270 e. The summed E-state index contributed by atoms with van der Waals surface area (Å²) in [6, 6.07) is 4.51. The number of nitrogens with one attached hydrogen (secondary N) is 2. The molecular formula is C31H46Cl2FN7O5SSi. The molecule has 2 N–H and O–H groups in total. The molecular weight excluding hydrogens is 700 g/mol. The normalized spacial score (nSPS) is 12.8. The second-order valence-corrected chi connectivity index (χ2v) is 22.1. The lowest BCUT2D eigenvalue weighted by Crippen LogP contribution is -2.44.